The molecule has 0 unspecified atom stereocenters. The molecule has 0 aliphatic carbocycles. The molecule has 0 radical (unpaired) electrons. The number of carbonyl (C=O) groups excluding carboxylic acids is 3. The van der Waals surface area contributed by atoms with Crippen LogP contribution >= 0.6 is 0 Å². The van der Waals surface area contributed by atoms with Crippen LogP contribution in [-0.4, -0.2) is 74.1 Å². The number of nitrogens with one attached hydrogen (secondary N) is 1. The normalized spacial score (nSPS) is 14.3. The van der Waals surface area contributed by atoms with E-state index in [1.807, 2.05) is 30.3 Å². The molecule has 1 heterocycles. The van der Waals surface area contributed by atoms with E-state index in [9.17, 15) is 22.8 Å². The van der Waals surface area contributed by atoms with Crippen LogP contribution in [0.25, 0.3) is 0 Å². The summed E-state index contributed by atoms with van der Waals surface area (Å²) in [4.78, 5) is 42.1. The third-order valence-corrected chi connectivity index (χ3v) is 7.91. The van der Waals surface area contributed by atoms with Gasteiger partial charge in [-0.1, -0.05) is 60.7 Å². The minimum absolute atomic E-state index is 0.0275. The van der Waals surface area contributed by atoms with E-state index in [-0.39, 0.29) is 55.8 Å². The van der Waals surface area contributed by atoms with Gasteiger partial charge in [-0.3, -0.25) is 4.79 Å². The summed E-state index contributed by atoms with van der Waals surface area (Å²) < 4.78 is 41.2. The van der Waals surface area contributed by atoms with Crippen LogP contribution in [-0.2, 0) is 37.4 Å². The SMILES string of the molecule is CC(C)(C)OC(=O)N1CCN(C(=O)[C@H](Cc2ccc(OS(=O)(=O)c3ccccc3)cc2)NC(=O)OCc2ccccc2)CC1. The van der Waals surface area contributed by atoms with Crippen molar-refractivity contribution in [3.63, 3.8) is 0 Å². The Morgan fingerprint density at radius 2 is 1.36 bits per heavy atom. The molecular weight excluding hydrogens is 586 g/mol. The Kier molecular flexibility index (Phi) is 10.5. The number of hydrogen-bond donors (Lipinski definition) is 1. The van der Waals surface area contributed by atoms with Crippen molar-refractivity contribution in [1.29, 1.82) is 0 Å². The van der Waals surface area contributed by atoms with E-state index in [0.29, 0.717) is 5.56 Å². The number of hydrogen-bond acceptors (Lipinski definition) is 8. The number of carbonyl (C=O) groups is 3. The van der Waals surface area contributed by atoms with Crippen molar-refractivity contribution in [2.45, 2.75) is 50.3 Å². The van der Waals surface area contributed by atoms with Crippen molar-refractivity contribution < 1.29 is 36.5 Å². The standard InChI is InChI=1S/C32H37N3O8S/c1-32(2,3)42-31(38)35-20-18-34(19-21-35)29(36)28(33-30(37)41-23-25-10-6-4-7-11-25)22-24-14-16-26(17-15-24)43-44(39,40)27-12-8-5-9-13-27/h4-17,28H,18-23H2,1-3H3,(H,33,37)/t28-/m0/s1. The zero-order valence-corrected chi connectivity index (χ0v) is 25.8. The lowest BCUT2D eigenvalue weighted by molar-refractivity contribution is -0.135. The van der Waals surface area contributed by atoms with E-state index in [1.165, 1.54) is 24.3 Å². The molecule has 12 heteroatoms. The molecule has 1 aliphatic heterocycles. The van der Waals surface area contributed by atoms with Gasteiger partial charge in [0.25, 0.3) is 0 Å². The first-order valence-corrected chi connectivity index (χ1v) is 15.6. The lowest BCUT2D eigenvalue weighted by Gasteiger charge is -2.37. The van der Waals surface area contributed by atoms with Crippen LogP contribution < -0.4 is 9.50 Å². The zero-order valence-electron chi connectivity index (χ0n) is 25.0. The monoisotopic (exact) mass is 623 g/mol. The highest BCUT2D eigenvalue weighted by Gasteiger charge is 2.32. The predicted octanol–water partition coefficient (Wildman–Crippen LogP) is 4.37. The highest BCUT2D eigenvalue weighted by molar-refractivity contribution is 7.87. The van der Waals surface area contributed by atoms with Gasteiger partial charge in [-0.05, 0) is 56.2 Å². The highest BCUT2D eigenvalue weighted by Crippen LogP contribution is 2.20. The van der Waals surface area contributed by atoms with E-state index >= 15 is 0 Å². The molecule has 0 saturated carbocycles. The van der Waals surface area contributed by atoms with Crippen LogP contribution in [0.3, 0.4) is 0 Å². The maximum absolute atomic E-state index is 13.6. The van der Waals surface area contributed by atoms with Crippen LogP contribution in [0, 0.1) is 0 Å². The summed E-state index contributed by atoms with van der Waals surface area (Å²) in [7, 11) is -4.01. The molecule has 4 rings (SSSR count). The number of rotatable bonds is 9. The number of benzene rings is 3. The molecule has 11 nitrogen and oxygen atoms in total. The summed E-state index contributed by atoms with van der Waals surface area (Å²) in [6.45, 7) is 6.50. The maximum Gasteiger partial charge on any atom is 0.410 e. The first-order valence-electron chi connectivity index (χ1n) is 14.2. The smallest absolute Gasteiger partial charge is 0.410 e. The maximum atomic E-state index is 13.6. The number of piperazine rings is 1. The van der Waals surface area contributed by atoms with Crippen molar-refractivity contribution in [3.05, 3.63) is 96.1 Å². The van der Waals surface area contributed by atoms with Gasteiger partial charge in [-0.25, -0.2) is 9.59 Å². The largest absolute Gasteiger partial charge is 0.445 e. The summed E-state index contributed by atoms with van der Waals surface area (Å²) in [5, 5.41) is 2.69. The minimum atomic E-state index is -4.01. The van der Waals surface area contributed by atoms with Crippen LogP contribution in [0.1, 0.15) is 31.9 Å². The Hall–Kier alpha value is -4.58. The van der Waals surface area contributed by atoms with Gasteiger partial charge in [-0.2, -0.15) is 8.42 Å². The highest BCUT2D eigenvalue weighted by atomic mass is 32.2. The van der Waals surface area contributed by atoms with Gasteiger partial charge >= 0.3 is 22.3 Å². The van der Waals surface area contributed by atoms with Crippen molar-refractivity contribution in [3.8, 4) is 5.75 Å². The molecule has 1 aliphatic rings. The lowest BCUT2D eigenvalue weighted by Crippen LogP contribution is -2.56. The fourth-order valence-electron chi connectivity index (χ4n) is 4.44. The Bertz CT molecular complexity index is 1520. The molecule has 0 spiro atoms. The van der Waals surface area contributed by atoms with Crippen molar-refractivity contribution in [2.24, 2.45) is 0 Å². The fourth-order valence-corrected chi connectivity index (χ4v) is 5.39. The summed E-state index contributed by atoms with van der Waals surface area (Å²) in [5.74, 6) is -0.230. The number of nitrogens with zero attached hydrogens (tertiary/aromatic N) is 2. The second-order valence-electron chi connectivity index (χ2n) is 11.2. The summed E-state index contributed by atoms with van der Waals surface area (Å²) in [5.41, 5.74) is 0.819. The first-order chi connectivity index (χ1) is 20.9. The Morgan fingerprint density at radius 1 is 0.795 bits per heavy atom. The van der Waals surface area contributed by atoms with Crippen LogP contribution in [0.4, 0.5) is 9.59 Å². The quantitative estimate of drug-likeness (QED) is 0.348. The third kappa shape index (κ3) is 9.46. The molecule has 234 valence electrons. The first kappa shape index (κ1) is 32.3. The molecule has 1 fully saturated rings. The number of amides is 3. The second-order valence-corrected chi connectivity index (χ2v) is 12.8. The lowest BCUT2D eigenvalue weighted by atomic mass is 10.0. The third-order valence-electron chi connectivity index (χ3n) is 6.65. The molecule has 3 amide bonds. The summed E-state index contributed by atoms with van der Waals surface area (Å²) >= 11 is 0. The molecule has 3 aromatic carbocycles. The van der Waals surface area contributed by atoms with E-state index in [2.05, 4.69) is 5.32 Å². The van der Waals surface area contributed by atoms with Gasteiger partial charge in [0.1, 0.15) is 28.9 Å². The minimum Gasteiger partial charge on any atom is -0.445 e. The van der Waals surface area contributed by atoms with Gasteiger partial charge in [0.05, 0.1) is 0 Å². The van der Waals surface area contributed by atoms with Crippen LogP contribution in [0.2, 0.25) is 0 Å². The Morgan fingerprint density at radius 3 is 1.95 bits per heavy atom. The van der Waals surface area contributed by atoms with Crippen molar-refractivity contribution in [1.82, 2.24) is 15.1 Å². The second kappa shape index (κ2) is 14.3. The van der Waals surface area contributed by atoms with Gasteiger partial charge in [0, 0.05) is 32.6 Å². The fraction of sp³-hybridized carbons (Fsp3) is 0.344. The Labute approximate surface area is 257 Å². The molecule has 1 saturated heterocycles. The van der Waals surface area contributed by atoms with Gasteiger partial charge < -0.3 is 28.8 Å². The molecule has 3 aromatic rings. The Balaban J connectivity index is 1.43. The average Bonchev–Trinajstić information content (AvgIpc) is 3.00. The summed E-state index contributed by atoms with van der Waals surface area (Å²) in [6, 6.07) is 22.2. The predicted molar refractivity (Wildman–Crippen MR) is 162 cm³/mol. The van der Waals surface area contributed by atoms with Gasteiger partial charge in [-0.15, -0.1) is 0 Å². The van der Waals surface area contributed by atoms with E-state index in [4.69, 9.17) is 13.7 Å². The molecule has 0 aromatic heterocycles. The summed E-state index contributed by atoms with van der Waals surface area (Å²) in [6.07, 6.45) is -1.09. The number of ether oxygens (including phenoxy) is 2. The number of alkyl carbamates (subject to hydrolysis) is 1. The van der Waals surface area contributed by atoms with E-state index in [0.717, 1.165) is 5.56 Å². The van der Waals surface area contributed by atoms with E-state index < -0.39 is 33.9 Å². The van der Waals surface area contributed by atoms with Crippen LogP contribution in [0.5, 0.6) is 5.75 Å². The average molecular weight is 624 g/mol. The van der Waals surface area contributed by atoms with Crippen molar-refractivity contribution >= 4 is 28.2 Å². The van der Waals surface area contributed by atoms with Crippen LogP contribution in [0.15, 0.2) is 89.8 Å². The molecule has 1 N–H and O–H groups in total. The molecule has 0 bridgehead atoms. The molecule has 1 atom stereocenters. The molecular formula is C32H37N3O8S. The van der Waals surface area contributed by atoms with Gasteiger partial charge in [0.2, 0.25) is 5.91 Å². The van der Waals surface area contributed by atoms with Gasteiger partial charge in [0.15, 0.2) is 0 Å². The topological polar surface area (TPSA) is 132 Å². The zero-order chi connectivity index (χ0) is 31.7. The molecule has 44 heavy (non-hydrogen) atoms. The van der Waals surface area contributed by atoms with E-state index in [1.54, 1.807) is 60.9 Å². The van der Waals surface area contributed by atoms with Crippen molar-refractivity contribution in [2.75, 3.05) is 26.2 Å².